The summed E-state index contributed by atoms with van der Waals surface area (Å²) in [6.07, 6.45) is 1.50. The van der Waals surface area contributed by atoms with E-state index in [1.54, 1.807) is 6.92 Å². The lowest BCUT2D eigenvalue weighted by atomic mass is 9.84. The SMILES string of the molecule is CC1(C)CC(C(=O)NN2C(=O)NC(C)(CCc3ccccc3)C2=O)c2ccccc2O1. The number of hydrazine groups is 1. The minimum Gasteiger partial charge on any atom is -0.488 e. The number of urea groups is 1. The molecule has 2 aromatic carbocycles. The van der Waals surface area contributed by atoms with Crippen LogP contribution >= 0.6 is 0 Å². The number of carbonyl (C=O) groups is 3. The number of aryl methyl sites for hydroxylation is 1. The van der Waals surface area contributed by atoms with Crippen LogP contribution in [0, 0.1) is 0 Å². The molecule has 2 N–H and O–H groups in total. The quantitative estimate of drug-likeness (QED) is 0.725. The highest BCUT2D eigenvalue weighted by molar-refractivity contribution is 6.08. The number of nitrogens with zero attached hydrogens (tertiary/aromatic N) is 1. The molecule has 7 nitrogen and oxygen atoms in total. The fraction of sp³-hybridized carbons (Fsp3) is 0.375. The van der Waals surface area contributed by atoms with Crippen LogP contribution in [0.25, 0.3) is 0 Å². The molecule has 7 heteroatoms. The van der Waals surface area contributed by atoms with Crippen molar-refractivity contribution >= 4 is 17.8 Å². The van der Waals surface area contributed by atoms with Gasteiger partial charge in [0.15, 0.2) is 0 Å². The Morgan fingerprint density at radius 3 is 2.52 bits per heavy atom. The Kier molecular flexibility index (Phi) is 5.21. The highest BCUT2D eigenvalue weighted by Crippen LogP contribution is 2.40. The van der Waals surface area contributed by atoms with Crippen LogP contribution in [0.5, 0.6) is 5.75 Å². The highest BCUT2D eigenvalue weighted by Gasteiger charge is 2.49. The van der Waals surface area contributed by atoms with Crippen molar-refractivity contribution in [3.63, 3.8) is 0 Å². The zero-order chi connectivity index (χ0) is 22.2. The Labute approximate surface area is 181 Å². The molecule has 2 heterocycles. The fourth-order valence-corrected chi connectivity index (χ4v) is 4.22. The van der Waals surface area contributed by atoms with E-state index in [2.05, 4.69) is 10.7 Å². The largest absolute Gasteiger partial charge is 0.488 e. The van der Waals surface area contributed by atoms with Crippen molar-refractivity contribution in [3.05, 3.63) is 65.7 Å². The Morgan fingerprint density at radius 2 is 1.77 bits per heavy atom. The van der Waals surface area contributed by atoms with Crippen LogP contribution in [0.2, 0.25) is 0 Å². The lowest BCUT2D eigenvalue weighted by molar-refractivity contribution is -0.140. The molecule has 4 amide bonds. The van der Waals surface area contributed by atoms with Gasteiger partial charge >= 0.3 is 6.03 Å². The molecule has 0 bridgehead atoms. The van der Waals surface area contributed by atoms with Gasteiger partial charge in [-0.15, -0.1) is 0 Å². The zero-order valence-electron chi connectivity index (χ0n) is 18.0. The Bertz CT molecular complexity index is 1020. The number of para-hydroxylation sites is 1. The first kappa shape index (κ1) is 20.9. The Hall–Kier alpha value is -3.35. The van der Waals surface area contributed by atoms with Gasteiger partial charge in [-0.25, -0.2) is 4.79 Å². The van der Waals surface area contributed by atoms with E-state index in [9.17, 15) is 14.4 Å². The van der Waals surface area contributed by atoms with Crippen LogP contribution in [-0.4, -0.2) is 34.0 Å². The summed E-state index contributed by atoms with van der Waals surface area (Å²) in [4.78, 5) is 38.8. The van der Waals surface area contributed by atoms with E-state index in [-0.39, 0.29) is 0 Å². The van der Waals surface area contributed by atoms with Gasteiger partial charge in [0.1, 0.15) is 16.9 Å². The summed E-state index contributed by atoms with van der Waals surface area (Å²) in [6.45, 7) is 5.52. The zero-order valence-corrected chi connectivity index (χ0v) is 18.0. The third-order valence-electron chi connectivity index (χ3n) is 5.93. The number of carbonyl (C=O) groups excluding carboxylic acids is 3. The molecule has 0 spiro atoms. The number of rotatable bonds is 5. The third-order valence-corrected chi connectivity index (χ3v) is 5.93. The monoisotopic (exact) mass is 421 g/mol. The van der Waals surface area contributed by atoms with Crippen LogP contribution in [0.4, 0.5) is 4.79 Å². The van der Waals surface area contributed by atoms with E-state index in [0.717, 1.165) is 16.1 Å². The van der Waals surface area contributed by atoms with Gasteiger partial charge in [-0.05, 0) is 45.2 Å². The number of imide groups is 1. The average molecular weight is 421 g/mol. The van der Waals surface area contributed by atoms with Crippen molar-refractivity contribution in [1.82, 2.24) is 15.8 Å². The molecule has 2 aromatic rings. The Morgan fingerprint density at radius 1 is 1.10 bits per heavy atom. The summed E-state index contributed by atoms with van der Waals surface area (Å²) in [7, 11) is 0. The van der Waals surface area contributed by atoms with Gasteiger partial charge in [-0.2, -0.15) is 5.01 Å². The number of hydrogen-bond acceptors (Lipinski definition) is 4. The van der Waals surface area contributed by atoms with E-state index < -0.39 is 34.9 Å². The van der Waals surface area contributed by atoms with E-state index in [1.807, 2.05) is 68.4 Å². The topological polar surface area (TPSA) is 87.7 Å². The summed E-state index contributed by atoms with van der Waals surface area (Å²) >= 11 is 0. The predicted molar refractivity (Wildman–Crippen MR) is 115 cm³/mol. The minimum absolute atomic E-state index is 0.403. The molecule has 1 saturated heterocycles. The smallest absolute Gasteiger partial charge is 0.344 e. The van der Waals surface area contributed by atoms with Crippen LogP contribution in [0.15, 0.2) is 54.6 Å². The van der Waals surface area contributed by atoms with Crippen molar-refractivity contribution in [1.29, 1.82) is 0 Å². The summed E-state index contributed by atoms with van der Waals surface area (Å²) in [5.41, 5.74) is 2.76. The first-order valence-electron chi connectivity index (χ1n) is 10.5. The second kappa shape index (κ2) is 7.72. The van der Waals surface area contributed by atoms with E-state index in [0.29, 0.717) is 25.0 Å². The lowest BCUT2D eigenvalue weighted by Gasteiger charge is -2.37. The molecule has 1 fully saturated rings. The van der Waals surface area contributed by atoms with Gasteiger partial charge in [-0.3, -0.25) is 15.0 Å². The molecule has 31 heavy (non-hydrogen) atoms. The van der Waals surface area contributed by atoms with E-state index in [1.165, 1.54) is 0 Å². The number of hydrogen-bond donors (Lipinski definition) is 2. The first-order valence-corrected chi connectivity index (χ1v) is 10.5. The third kappa shape index (κ3) is 4.13. The molecule has 2 unspecified atom stereocenters. The first-order chi connectivity index (χ1) is 14.7. The van der Waals surface area contributed by atoms with E-state index >= 15 is 0 Å². The number of nitrogens with one attached hydrogen (secondary N) is 2. The molecule has 2 aliphatic heterocycles. The summed E-state index contributed by atoms with van der Waals surface area (Å²) in [6, 6.07) is 16.5. The minimum atomic E-state index is -1.08. The molecule has 0 saturated carbocycles. The standard InChI is InChI=1S/C24H27N3O4/c1-23(2)15-18(17-11-7-8-12-19(17)31-23)20(28)26-27-21(29)24(3,25-22(27)30)14-13-16-9-5-4-6-10-16/h4-12,18H,13-15H2,1-3H3,(H,25,30)(H,26,28). The normalized spacial score (nSPS) is 24.2. The number of fused-ring (bicyclic) bond motifs is 1. The molecule has 162 valence electrons. The molecule has 0 aromatic heterocycles. The van der Waals surface area contributed by atoms with Gasteiger partial charge in [-0.1, -0.05) is 48.5 Å². The van der Waals surface area contributed by atoms with Crippen LogP contribution in [0.3, 0.4) is 0 Å². The fourth-order valence-electron chi connectivity index (χ4n) is 4.22. The molecule has 4 rings (SSSR count). The summed E-state index contributed by atoms with van der Waals surface area (Å²) in [5, 5.41) is 3.56. The molecular formula is C24H27N3O4. The summed E-state index contributed by atoms with van der Waals surface area (Å²) in [5.74, 6) is -0.749. The van der Waals surface area contributed by atoms with Crippen LogP contribution < -0.4 is 15.5 Å². The van der Waals surface area contributed by atoms with Crippen LogP contribution in [-0.2, 0) is 16.0 Å². The van der Waals surface area contributed by atoms with E-state index in [4.69, 9.17) is 4.74 Å². The highest BCUT2D eigenvalue weighted by atomic mass is 16.5. The number of benzene rings is 2. The predicted octanol–water partition coefficient (Wildman–Crippen LogP) is 3.31. The van der Waals surface area contributed by atoms with Gasteiger partial charge in [0, 0.05) is 12.0 Å². The second-order valence-corrected chi connectivity index (χ2v) is 9.02. The maximum absolute atomic E-state index is 13.1. The molecular weight excluding hydrogens is 394 g/mol. The van der Waals surface area contributed by atoms with Gasteiger partial charge in [0.25, 0.3) is 5.91 Å². The van der Waals surface area contributed by atoms with Gasteiger partial charge < -0.3 is 10.1 Å². The molecule has 0 radical (unpaired) electrons. The maximum Gasteiger partial charge on any atom is 0.344 e. The van der Waals surface area contributed by atoms with Crippen molar-refractivity contribution in [3.8, 4) is 5.75 Å². The van der Waals surface area contributed by atoms with Crippen LogP contribution in [0.1, 0.15) is 50.7 Å². The van der Waals surface area contributed by atoms with Crippen molar-refractivity contribution in [2.75, 3.05) is 0 Å². The van der Waals surface area contributed by atoms with Gasteiger partial charge in [0.2, 0.25) is 5.91 Å². The van der Waals surface area contributed by atoms with Crippen molar-refractivity contribution < 1.29 is 19.1 Å². The number of ether oxygens (including phenoxy) is 1. The average Bonchev–Trinajstić information content (AvgIpc) is 2.95. The molecule has 0 aliphatic carbocycles. The van der Waals surface area contributed by atoms with Crippen molar-refractivity contribution in [2.24, 2.45) is 0 Å². The van der Waals surface area contributed by atoms with Crippen molar-refractivity contribution in [2.45, 2.75) is 57.1 Å². The molecule has 2 atom stereocenters. The second-order valence-electron chi connectivity index (χ2n) is 9.02. The van der Waals surface area contributed by atoms with Gasteiger partial charge in [0.05, 0.1) is 5.92 Å². The Balaban J connectivity index is 1.48. The number of amides is 4. The maximum atomic E-state index is 13.1. The molecule has 2 aliphatic rings. The lowest BCUT2D eigenvalue weighted by Crippen LogP contribution is -2.51. The summed E-state index contributed by atoms with van der Waals surface area (Å²) < 4.78 is 5.98.